The molecule has 1 aromatic heterocycles. The zero-order valence-electron chi connectivity index (χ0n) is 10.5. The smallest absolute Gasteiger partial charge is 0.276 e. The Kier molecular flexibility index (Phi) is 4.95. The van der Waals surface area contributed by atoms with Crippen LogP contribution >= 0.6 is 11.6 Å². The summed E-state index contributed by atoms with van der Waals surface area (Å²) < 4.78 is 10.9. The Labute approximate surface area is 116 Å². The van der Waals surface area contributed by atoms with Crippen LogP contribution in [0, 0.1) is 0 Å². The summed E-state index contributed by atoms with van der Waals surface area (Å²) in [6.07, 6.45) is 3.07. The maximum absolute atomic E-state index is 11.5. The van der Waals surface area contributed by atoms with Crippen LogP contribution in [-0.4, -0.2) is 37.3 Å². The van der Waals surface area contributed by atoms with Gasteiger partial charge in [0.2, 0.25) is 5.88 Å². The number of hydroxylamine groups is 1. The largest absolute Gasteiger partial charge is 0.473 e. The van der Waals surface area contributed by atoms with Crippen molar-refractivity contribution in [1.29, 1.82) is 0 Å². The number of carbonyl (C=O) groups is 1. The number of amides is 1. The van der Waals surface area contributed by atoms with Gasteiger partial charge in [0.25, 0.3) is 5.91 Å². The van der Waals surface area contributed by atoms with Crippen molar-refractivity contribution >= 4 is 17.5 Å². The van der Waals surface area contributed by atoms with E-state index in [1.165, 1.54) is 19.4 Å². The van der Waals surface area contributed by atoms with Gasteiger partial charge in [-0.1, -0.05) is 11.6 Å². The van der Waals surface area contributed by atoms with E-state index in [-0.39, 0.29) is 6.10 Å². The van der Waals surface area contributed by atoms with Crippen molar-refractivity contribution in [3.05, 3.63) is 22.8 Å². The number of rotatable bonds is 4. The second kappa shape index (κ2) is 6.70. The van der Waals surface area contributed by atoms with Crippen molar-refractivity contribution in [1.82, 2.24) is 10.5 Å². The molecule has 0 atom stereocenters. The monoisotopic (exact) mass is 286 g/mol. The molecule has 1 amide bonds. The SMILES string of the molecule is CONC(=O)c1cnc(OC2CCOCC2)c(Cl)c1. The topological polar surface area (TPSA) is 69.7 Å². The van der Waals surface area contributed by atoms with Gasteiger partial charge in [-0.05, 0) is 6.07 Å². The van der Waals surface area contributed by atoms with Gasteiger partial charge in [-0.3, -0.25) is 9.63 Å². The number of carbonyl (C=O) groups excluding carboxylic acids is 1. The first-order chi connectivity index (χ1) is 9.20. The van der Waals surface area contributed by atoms with Crippen LogP contribution in [0.25, 0.3) is 0 Å². The number of pyridine rings is 1. The molecule has 2 heterocycles. The number of aromatic nitrogens is 1. The molecular formula is C12H15ClN2O4. The van der Waals surface area contributed by atoms with Crippen LogP contribution in [0.3, 0.4) is 0 Å². The van der Waals surface area contributed by atoms with E-state index in [0.29, 0.717) is 29.7 Å². The molecule has 1 fully saturated rings. The van der Waals surface area contributed by atoms with E-state index in [9.17, 15) is 4.79 Å². The van der Waals surface area contributed by atoms with Gasteiger partial charge in [0.1, 0.15) is 11.1 Å². The predicted octanol–water partition coefficient (Wildman–Crippen LogP) is 1.58. The Hall–Kier alpha value is -1.37. The second-order valence-electron chi connectivity index (χ2n) is 4.08. The Morgan fingerprint density at radius 3 is 2.89 bits per heavy atom. The van der Waals surface area contributed by atoms with Crippen LogP contribution in [0.1, 0.15) is 23.2 Å². The van der Waals surface area contributed by atoms with E-state index in [2.05, 4.69) is 15.3 Å². The lowest BCUT2D eigenvalue weighted by molar-refractivity contribution is 0.0237. The van der Waals surface area contributed by atoms with E-state index in [4.69, 9.17) is 21.1 Å². The van der Waals surface area contributed by atoms with Crippen molar-refractivity contribution < 1.29 is 19.1 Å². The maximum atomic E-state index is 11.5. The molecule has 7 heteroatoms. The van der Waals surface area contributed by atoms with Gasteiger partial charge < -0.3 is 9.47 Å². The molecule has 1 N–H and O–H groups in total. The highest BCUT2D eigenvalue weighted by molar-refractivity contribution is 6.32. The normalized spacial score (nSPS) is 16.1. The quantitative estimate of drug-likeness (QED) is 0.851. The molecule has 2 rings (SSSR count). The first kappa shape index (κ1) is 14.0. The molecule has 0 spiro atoms. The van der Waals surface area contributed by atoms with Crippen molar-refractivity contribution in [2.45, 2.75) is 18.9 Å². The Morgan fingerprint density at radius 2 is 2.26 bits per heavy atom. The summed E-state index contributed by atoms with van der Waals surface area (Å²) in [6, 6.07) is 1.50. The molecule has 19 heavy (non-hydrogen) atoms. The van der Waals surface area contributed by atoms with Gasteiger partial charge in [-0.15, -0.1) is 0 Å². The van der Waals surface area contributed by atoms with Gasteiger partial charge >= 0.3 is 0 Å². The van der Waals surface area contributed by atoms with Crippen molar-refractivity contribution in [2.24, 2.45) is 0 Å². The third-order valence-electron chi connectivity index (χ3n) is 2.71. The van der Waals surface area contributed by atoms with Crippen LogP contribution < -0.4 is 10.2 Å². The van der Waals surface area contributed by atoms with Crippen LogP contribution in [0.4, 0.5) is 0 Å². The van der Waals surface area contributed by atoms with Crippen LogP contribution in [0.15, 0.2) is 12.3 Å². The van der Waals surface area contributed by atoms with E-state index in [1.807, 2.05) is 0 Å². The lowest BCUT2D eigenvalue weighted by atomic mass is 10.1. The molecular weight excluding hydrogens is 272 g/mol. The van der Waals surface area contributed by atoms with Gasteiger partial charge in [0.15, 0.2) is 0 Å². The molecule has 0 saturated carbocycles. The minimum absolute atomic E-state index is 0.0531. The van der Waals surface area contributed by atoms with Crippen LogP contribution in [0.5, 0.6) is 5.88 Å². The molecule has 1 aliphatic rings. The number of nitrogens with one attached hydrogen (secondary N) is 1. The Balaban J connectivity index is 2.04. The lowest BCUT2D eigenvalue weighted by Crippen LogP contribution is -2.26. The van der Waals surface area contributed by atoms with Gasteiger partial charge in [0.05, 0.1) is 25.9 Å². The fourth-order valence-corrected chi connectivity index (χ4v) is 1.95. The van der Waals surface area contributed by atoms with Gasteiger partial charge in [0, 0.05) is 19.0 Å². The van der Waals surface area contributed by atoms with Gasteiger partial charge in [-0.25, -0.2) is 10.5 Å². The summed E-state index contributed by atoms with van der Waals surface area (Å²) in [7, 11) is 1.36. The highest BCUT2D eigenvalue weighted by Gasteiger charge is 2.18. The Morgan fingerprint density at radius 1 is 1.53 bits per heavy atom. The number of ether oxygens (including phenoxy) is 2. The first-order valence-corrected chi connectivity index (χ1v) is 6.31. The van der Waals surface area contributed by atoms with Crippen molar-refractivity contribution in [3.63, 3.8) is 0 Å². The highest BCUT2D eigenvalue weighted by Crippen LogP contribution is 2.25. The van der Waals surface area contributed by atoms with Crippen molar-refractivity contribution in [2.75, 3.05) is 20.3 Å². The summed E-state index contributed by atoms with van der Waals surface area (Å²) in [5, 5.41) is 0.301. The molecule has 0 aromatic carbocycles. The molecule has 1 aliphatic heterocycles. The average molecular weight is 287 g/mol. The third kappa shape index (κ3) is 3.79. The summed E-state index contributed by atoms with van der Waals surface area (Å²) in [5.41, 5.74) is 2.51. The molecule has 1 aromatic rings. The minimum atomic E-state index is -0.408. The summed E-state index contributed by atoms with van der Waals surface area (Å²) >= 11 is 6.05. The number of hydrogen-bond acceptors (Lipinski definition) is 5. The number of nitrogens with zero attached hydrogens (tertiary/aromatic N) is 1. The Bertz CT molecular complexity index is 449. The first-order valence-electron chi connectivity index (χ1n) is 5.94. The van der Waals surface area contributed by atoms with E-state index >= 15 is 0 Å². The highest BCUT2D eigenvalue weighted by atomic mass is 35.5. The average Bonchev–Trinajstić information content (AvgIpc) is 2.42. The maximum Gasteiger partial charge on any atom is 0.276 e. The fourth-order valence-electron chi connectivity index (χ4n) is 1.74. The molecule has 0 aliphatic carbocycles. The predicted molar refractivity (Wildman–Crippen MR) is 68.2 cm³/mol. The summed E-state index contributed by atoms with van der Waals surface area (Å²) in [5.74, 6) is -0.0722. The molecule has 0 bridgehead atoms. The minimum Gasteiger partial charge on any atom is -0.473 e. The van der Waals surface area contributed by atoms with Crippen LogP contribution in [0.2, 0.25) is 5.02 Å². The van der Waals surface area contributed by atoms with E-state index in [1.54, 1.807) is 0 Å². The molecule has 6 nitrogen and oxygen atoms in total. The fraction of sp³-hybridized carbons (Fsp3) is 0.500. The standard InChI is InChI=1S/C12H15ClN2O4/c1-17-15-11(16)8-6-10(13)12(14-7-8)19-9-2-4-18-5-3-9/h6-7,9H,2-5H2,1H3,(H,15,16). The molecule has 1 saturated heterocycles. The summed E-state index contributed by atoms with van der Waals surface area (Å²) in [6.45, 7) is 1.35. The summed E-state index contributed by atoms with van der Waals surface area (Å²) in [4.78, 5) is 20.1. The third-order valence-corrected chi connectivity index (χ3v) is 2.98. The van der Waals surface area contributed by atoms with E-state index in [0.717, 1.165) is 12.8 Å². The zero-order chi connectivity index (χ0) is 13.7. The molecule has 0 unspecified atom stereocenters. The lowest BCUT2D eigenvalue weighted by Gasteiger charge is -2.23. The van der Waals surface area contributed by atoms with E-state index < -0.39 is 5.91 Å². The van der Waals surface area contributed by atoms with Crippen molar-refractivity contribution in [3.8, 4) is 5.88 Å². The van der Waals surface area contributed by atoms with Gasteiger partial charge in [-0.2, -0.15) is 0 Å². The zero-order valence-corrected chi connectivity index (χ0v) is 11.3. The molecule has 0 radical (unpaired) electrons. The van der Waals surface area contributed by atoms with Crippen LogP contribution in [-0.2, 0) is 9.57 Å². The molecule has 104 valence electrons. The second-order valence-corrected chi connectivity index (χ2v) is 4.48. The number of halogens is 1. The number of hydrogen-bond donors (Lipinski definition) is 1.